The zero-order valence-electron chi connectivity index (χ0n) is 18.0. The van der Waals surface area contributed by atoms with Gasteiger partial charge in [-0.1, -0.05) is 59.6 Å². The van der Waals surface area contributed by atoms with Crippen LogP contribution in [0.15, 0.2) is 66.4 Å². The van der Waals surface area contributed by atoms with Gasteiger partial charge >= 0.3 is 16.3 Å². The van der Waals surface area contributed by atoms with Gasteiger partial charge in [0.2, 0.25) is 5.76 Å². The molecule has 0 saturated carbocycles. The smallest absolute Gasteiger partial charge is 0.371 e. The van der Waals surface area contributed by atoms with Crippen LogP contribution in [0, 0.1) is 12.3 Å². The summed E-state index contributed by atoms with van der Waals surface area (Å²) in [7, 11) is -4.51. The molecule has 1 atom stereocenters. The van der Waals surface area contributed by atoms with Crippen LogP contribution in [0.1, 0.15) is 24.0 Å². The van der Waals surface area contributed by atoms with Crippen LogP contribution in [-0.2, 0) is 26.3 Å². The molecule has 2 aromatic carbocycles. The number of nitrogens with zero attached hydrogens (tertiary/aromatic N) is 1. The van der Waals surface area contributed by atoms with Crippen LogP contribution >= 0.6 is 11.6 Å². The SMILES string of the molecule is Cc1ccccc1.O=C(O)C(O)=CC(=O)C1(Cc2ccc(Cl)cc2)CCCN(S(=O)(=O)O)C1. The minimum Gasteiger partial charge on any atom is -0.502 e. The molecule has 0 amide bonds. The highest BCUT2D eigenvalue weighted by atomic mass is 35.5. The Labute approximate surface area is 198 Å². The molecule has 1 aliphatic rings. The Bertz CT molecular complexity index is 1100. The van der Waals surface area contributed by atoms with Gasteiger partial charge in [0.15, 0.2) is 5.78 Å². The Morgan fingerprint density at radius 3 is 2.18 bits per heavy atom. The molecule has 0 radical (unpaired) electrons. The number of hydrogen-bond acceptors (Lipinski definition) is 5. The fraction of sp³-hybridized carbons (Fsp3) is 0.304. The molecule has 1 heterocycles. The maximum atomic E-state index is 12.7. The lowest BCUT2D eigenvalue weighted by Gasteiger charge is -2.39. The van der Waals surface area contributed by atoms with Gasteiger partial charge in [0, 0.05) is 24.2 Å². The van der Waals surface area contributed by atoms with Crippen molar-refractivity contribution >= 4 is 33.7 Å². The number of carbonyl (C=O) groups is 2. The predicted octanol–water partition coefficient (Wildman–Crippen LogP) is 3.86. The van der Waals surface area contributed by atoms with Gasteiger partial charge in [0.05, 0.1) is 5.41 Å². The van der Waals surface area contributed by atoms with Gasteiger partial charge in [-0.3, -0.25) is 9.35 Å². The lowest BCUT2D eigenvalue weighted by molar-refractivity contribution is -0.136. The number of piperidine rings is 1. The third-order valence-corrected chi connectivity index (χ3v) is 6.49. The van der Waals surface area contributed by atoms with E-state index in [4.69, 9.17) is 16.7 Å². The normalized spacial score (nSPS) is 19.3. The van der Waals surface area contributed by atoms with Crippen LogP contribution in [-0.4, -0.2) is 52.3 Å². The third kappa shape index (κ3) is 7.97. The van der Waals surface area contributed by atoms with E-state index in [0.717, 1.165) is 4.31 Å². The Kier molecular flexibility index (Phi) is 9.18. The average Bonchev–Trinajstić information content (AvgIpc) is 2.76. The van der Waals surface area contributed by atoms with E-state index in [1.165, 1.54) is 5.56 Å². The van der Waals surface area contributed by atoms with Crippen molar-refractivity contribution in [2.75, 3.05) is 13.1 Å². The minimum absolute atomic E-state index is 0.0448. The number of carbonyl (C=O) groups excluding carboxylic acids is 1. The molecule has 2 aromatic rings. The summed E-state index contributed by atoms with van der Waals surface area (Å²) in [5, 5.41) is 18.7. The molecular formula is C23H26ClNO7S. The van der Waals surface area contributed by atoms with Gasteiger partial charge in [-0.2, -0.15) is 12.7 Å². The first-order valence-electron chi connectivity index (χ1n) is 10.1. The first-order chi connectivity index (χ1) is 15.4. The maximum absolute atomic E-state index is 12.7. The van der Waals surface area contributed by atoms with E-state index in [9.17, 15) is 27.7 Å². The minimum atomic E-state index is -4.51. The van der Waals surface area contributed by atoms with Crippen LogP contribution in [0.3, 0.4) is 0 Å². The zero-order chi connectivity index (χ0) is 24.6. The number of ketones is 1. The van der Waals surface area contributed by atoms with Gasteiger partial charge in [-0.15, -0.1) is 0 Å². The molecule has 8 nitrogen and oxygen atoms in total. The number of halogens is 1. The quantitative estimate of drug-likeness (QED) is 0.315. The molecule has 0 aromatic heterocycles. The van der Waals surface area contributed by atoms with E-state index in [2.05, 4.69) is 19.1 Å². The van der Waals surface area contributed by atoms with Crippen molar-refractivity contribution in [2.45, 2.75) is 26.2 Å². The highest BCUT2D eigenvalue weighted by Crippen LogP contribution is 2.36. The molecule has 1 fully saturated rings. The number of hydrogen-bond donors (Lipinski definition) is 3. The van der Waals surface area contributed by atoms with Gasteiger partial charge in [-0.25, -0.2) is 4.79 Å². The van der Waals surface area contributed by atoms with Gasteiger partial charge < -0.3 is 10.2 Å². The summed E-state index contributed by atoms with van der Waals surface area (Å²) in [6.07, 6.45) is 1.24. The summed E-state index contributed by atoms with van der Waals surface area (Å²) < 4.78 is 33.1. The van der Waals surface area contributed by atoms with Crippen molar-refractivity contribution in [3.05, 3.63) is 82.6 Å². The number of benzene rings is 2. The van der Waals surface area contributed by atoms with Crippen LogP contribution in [0.25, 0.3) is 0 Å². The van der Waals surface area contributed by atoms with Gasteiger partial charge in [-0.05, 0) is 43.9 Å². The molecule has 178 valence electrons. The maximum Gasteiger partial charge on any atom is 0.371 e. The molecule has 10 heteroatoms. The summed E-state index contributed by atoms with van der Waals surface area (Å²) in [4.78, 5) is 23.6. The van der Waals surface area contributed by atoms with Crippen molar-refractivity contribution in [2.24, 2.45) is 5.41 Å². The Hall–Kier alpha value is -2.72. The Morgan fingerprint density at radius 1 is 1.09 bits per heavy atom. The van der Waals surface area contributed by atoms with Crippen LogP contribution < -0.4 is 0 Å². The number of aliphatic carboxylic acids is 1. The zero-order valence-corrected chi connectivity index (χ0v) is 19.6. The molecule has 1 unspecified atom stereocenters. The summed E-state index contributed by atoms with van der Waals surface area (Å²) in [5.74, 6) is -3.52. The molecule has 33 heavy (non-hydrogen) atoms. The van der Waals surface area contributed by atoms with Crippen molar-refractivity contribution in [3.63, 3.8) is 0 Å². The lowest BCUT2D eigenvalue weighted by atomic mass is 9.72. The van der Waals surface area contributed by atoms with Crippen molar-refractivity contribution in [1.82, 2.24) is 4.31 Å². The fourth-order valence-electron chi connectivity index (χ4n) is 3.59. The standard InChI is InChI=1S/C16H18ClNO7S.C7H8/c17-12-4-2-11(3-5-12)9-16(14(20)8-13(19)15(21)22)6-1-7-18(10-16)26(23,24)25;1-7-5-3-2-4-6-7/h2-5,8,19H,1,6-7,9-10H2,(H,21,22)(H,23,24,25);2-6H,1H3. The highest BCUT2D eigenvalue weighted by molar-refractivity contribution is 7.83. The molecule has 3 rings (SSSR count). The molecule has 1 saturated heterocycles. The third-order valence-electron chi connectivity index (χ3n) is 5.27. The van der Waals surface area contributed by atoms with E-state index in [-0.39, 0.29) is 25.9 Å². The highest BCUT2D eigenvalue weighted by Gasteiger charge is 2.44. The monoisotopic (exact) mass is 495 g/mol. The molecule has 0 aliphatic carbocycles. The van der Waals surface area contributed by atoms with Crippen molar-refractivity contribution in [3.8, 4) is 0 Å². The first-order valence-corrected chi connectivity index (χ1v) is 11.9. The number of rotatable bonds is 6. The van der Waals surface area contributed by atoms with E-state index >= 15 is 0 Å². The number of aliphatic hydroxyl groups excluding tert-OH is 1. The second kappa shape index (κ2) is 11.4. The molecule has 0 spiro atoms. The van der Waals surface area contributed by atoms with E-state index in [0.29, 0.717) is 23.1 Å². The predicted molar refractivity (Wildman–Crippen MR) is 124 cm³/mol. The fourth-order valence-corrected chi connectivity index (χ4v) is 4.48. The average molecular weight is 496 g/mol. The number of aryl methyl sites for hydroxylation is 1. The number of carboxylic acids is 1. The topological polar surface area (TPSA) is 132 Å². The molecule has 1 aliphatic heterocycles. The Balaban J connectivity index is 0.000000468. The van der Waals surface area contributed by atoms with Crippen molar-refractivity contribution in [1.29, 1.82) is 0 Å². The number of aliphatic hydroxyl groups is 1. The van der Waals surface area contributed by atoms with Crippen molar-refractivity contribution < 1.29 is 32.8 Å². The molecule has 0 bridgehead atoms. The summed E-state index contributed by atoms with van der Waals surface area (Å²) >= 11 is 5.84. The van der Waals surface area contributed by atoms with Gasteiger partial charge in [0.1, 0.15) is 0 Å². The van der Waals surface area contributed by atoms with E-state index in [1.807, 2.05) is 18.2 Å². The summed E-state index contributed by atoms with van der Waals surface area (Å²) in [6, 6.07) is 16.8. The van der Waals surface area contributed by atoms with Crippen LogP contribution in [0.5, 0.6) is 0 Å². The second-order valence-electron chi connectivity index (χ2n) is 7.85. The van der Waals surface area contributed by atoms with Crippen LogP contribution in [0.2, 0.25) is 5.02 Å². The number of carboxylic acid groups (broad SMARTS) is 1. The van der Waals surface area contributed by atoms with Gasteiger partial charge in [0.25, 0.3) is 0 Å². The Morgan fingerprint density at radius 2 is 1.70 bits per heavy atom. The summed E-state index contributed by atoms with van der Waals surface area (Å²) in [6.45, 7) is 1.81. The van der Waals surface area contributed by atoms with Crippen LogP contribution in [0.4, 0.5) is 0 Å². The van der Waals surface area contributed by atoms with E-state index in [1.54, 1.807) is 24.3 Å². The first kappa shape index (κ1) is 26.5. The summed E-state index contributed by atoms with van der Waals surface area (Å²) in [5.41, 5.74) is 0.691. The van der Waals surface area contributed by atoms with E-state index < -0.39 is 33.2 Å². The lowest BCUT2D eigenvalue weighted by Crippen LogP contribution is -2.50. The second-order valence-corrected chi connectivity index (χ2v) is 9.70. The molecular weight excluding hydrogens is 470 g/mol. The largest absolute Gasteiger partial charge is 0.502 e. The number of allylic oxidation sites excluding steroid dienone is 1. The molecule has 3 N–H and O–H groups in total.